The molecule has 1 N–H and O–H groups in total. The second kappa shape index (κ2) is 9.44. The number of nitrogens with one attached hydrogen (secondary N) is 1. The first-order valence-corrected chi connectivity index (χ1v) is 11.2. The molecule has 7 nitrogen and oxygen atoms in total. The molecule has 1 saturated heterocycles. The van der Waals surface area contributed by atoms with Crippen molar-refractivity contribution in [3.05, 3.63) is 28.8 Å². The van der Waals surface area contributed by atoms with Gasteiger partial charge in [0.2, 0.25) is 0 Å². The third-order valence-corrected chi connectivity index (χ3v) is 5.95. The van der Waals surface area contributed by atoms with E-state index in [1.807, 2.05) is 53.7 Å². The lowest BCUT2D eigenvalue weighted by atomic mass is 9.73. The summed E-state index contributed by atoms with van der Waals surface area (Å²) in [6.45, 7) is 19.3. The van der Waals surface area contributed by atoms with Crippen molar-refractivity contribution in [2.75, 3.05) is 6.61 Å². The first-order chi connectivity index (χ1) is 14.6. The Hall–Kier alpha value is -2.06. The van der Waals surface area contributed by atoms with Gasteiger partial charge in [0.25, 0.3) is 0 Å². The molecule has 1 atom stereocenters. The lowest BCUT2D eigenvalue weighted by Crippen LogP contribution is -2.47. The highest BCUT2D eigenvalue weighted by Gasteiger charge is 2.52. The molecule has 1 aliphatic rings. The molecule has 1 fully saturated rings. The topological polar surface area (TPSA) is 83.1 Å². The van der Waals surface area contributed by atoms with Crippen molar-refractivity contribution in [2.24, 2.45) is 0 Å². The Morgan fingerprint density at radius 2 is 1.59 bits per heavy atom. The largest absolute Gasteiger partial charge is 0.495 e. The summed E-state index contributed by atoms with van der Waals surface area (Å²) < 4.78 is 23.1. The van der Waals surface area contributed by atoms with Crippen molar-refractivity contribution >= 4 is 24.6 Å². The zero-order valence-corrected chi connectivity index (χ0v) is 21.2. The summed E-state index contributed by atoms with van der Waals surface area (Å²) in [5.41, 5.74) is 2.17. The van der Waals surface area contributed by atoms with Gasteiger partial charge in [-0.1, -0.05) is 12.1 Å². The average molecular weight is 447 g/mol. The van der Waals surface area contributed by atoms with Gasteiger partial charge in [-0.15, -0.1) is 0 Å². The van der Waals surface area contributed by atoms with Gasteiger partial charge in [-0.3, -0.25) is 0 Å². The van der Waals surface area contributed by atoms with Gasteiger partial charge in [-0.2, -0.15) is 0 Å². The van der Waals surface area contributed by atoms with E-state index in [2.05, 4.69) is 5.32 Å². The molecule has 0 saturated carbocycles. The molecule has 32 heavy (non-hydrogen) atoms. The van der Waals surface area contributed by atoms with Gasteiger partial charge in [-0.25, -0.2) is 9.59 Å². The van der Waals surface area contributed by atoms with Crippen LogP contribution in [-0.2, 0) is 30.0 Å². The third kappa shape index (κ3) is 6.26. The molecule has 0 aromatic heterocycles. The van der Waals surface area contributed by atoms with Crippen LogP contribution in [0.4, 0.5) is 4.79 Å². The van der Waals surface area contributed by atoms with Crippen LogP contribution in [0.5, 0.6) is 0 Å². The first kappa shape index (κ1) is 26.2. The molecule has 0 bridgehead atoms. The summed E-state index contributed by atoms with van der Waals surface area (Å²) in [7, 11) is -0.585. The van der Waals surface area contributed by atoms with E-state index in [0.717, 1.165) is 22.2 Å². The number of hydrogen-bond donors (Lipinski definition) is 1. The fourth-order valence-electron chi connectivity index (χ4n) is 3.37. The fraction of sp³-hybridized carbons (Fsp3) is 0.667. The number of rotatable bonds is 6. The summed E-state index contributed by atoms with van der Waals surface area (Å²) in [6.07, 6.45) is -0.449. The molecule has 0 aliphatic carbocycles. The SMILES string of the molecule is CCOC(=O)[C@H](Cc1cc(C)c(C)cc1B1OC(C)(C)C(C)(C)O1)NC(=O)OC(C)(C)C. The summed E-state index contributed by atoms with van der Waals surface area (Å²) in [5, 5.41) is 2.67. The predicted molar refractivity (Wildman–Crippen MR) is 125 cm³/mol. The molecule has 8 heteroatoms. The number of ether oxygens (including phenoxy) is 2. The lowest BCUT2D eigenvalue weighted by molar-refractivity contribution is -0.145. The van der Waals surface area contributed by atoms with Gasteiger partial charge in [0.1, 0.15) is 11.6 Å². The second-order valence-electron chi connectivity index (χ2n) is 10.4. The number of benzene rings is 1. The van der Waals surface area contributed by atoms with E-state index in [1.54, 1.807) is 27.7 Å². The van der Waals surface area contributed by atoms with Gasteiger partial charge in [0, 0.05) is 6.42 Å². The third-order valence-electron chi connectivity index (χ3n) is 5.95. The number of hydrogen-bond acceptors (Lipinski definition) is 6. The molecule has 0 radical (unpaired) electrons. The minimum Gasteiger partial charge on any atom is -0.464 e. The number of carbonyl (C=O) groups is 2. The number of amides is 1. The van der Waals surface area contributed by atoms with E-state index in [9.17, 15) is 9.59 Å². The summed E-state index contributed by atoms with van der Waals surface area (Å²) in [5.74, 6) is -0.517. The Labute approximate surface area is 192 Å². The van der Waals surface area contributed by atoms with Crippen molar-refractivity contribution in [1.82, 2.24) is 5.32 Å². The first-order valence-electron chi connectivity index (χ1n) is 11.2. The molecule has 1 aromatic carbocycles. The van der Waals surface area contributed by atoms with E-state index in [0.29, 0.717) is 0 Å². The van der Waals surface area contributed by atoms with Crippen molar-refractivity contribution in [3.8, 4) is 0 Å². The van der Waals surface area contributed by atoms with Crippen molar-refractivity contribution in [2.45, 2.75) is 98.5 Å². The maximum atomic E-state index is 12.7. The highest BCUT2D eigenvalue weighted by Crippen LogP contribution is 2.37. The van der Waals surface area contributed by atoms with Crippen molar-refractivity contribution in [1.29, 1.82) is 0 Å². The van der Waals surface area contributed by atoms with Crippen LogP contribution in [0.15, 0.2) is 12.1 Å². The standard InChI is InChI=1S/C24H38BNO6/c1-11-29-20(27)19(26-21(28)30-22(4,5)6)14-17-12-15(2)16(3)13-18(17)25-31-23(7,8)24(9,10)32-25/h12-13,19H,11,14H2,1-10H3,(H,26,28)/t19-/m0/s1. The highest BCUT2D eigenvalue weighted by atomic mass is 16.7. The second-order valence-corrected chi connectivity index (χ2v) is 10.4. The summed E-state index contributed by atoms with van der Waals surface area (Å²) >= 11 is 0. The number of carbonyl (C=O) groups excluding carboxylic acids is 2. The molecule has 0 unspecified atom stereocenters. The molecule has 1 heterocycles. The van der Waals surface area contributed by atoms with Crippen LogP contribution in [0.2, 0.25) is 0 Å². The van der Waals surface area contributed by atoms with E-state index in [4.69, 9.17) is 18.8 Å². The van der Waals surface area contributed by atoms with Gasteiger partial charge < -0.3 is 24.1 Å². The van der Waals surface area contributed by atoms with Crippen molar-refractivity contribution < 1.29 is 28.4 Å². The normalized spacial score (nSPS) is 18.2. The molecule has 1 aliphatic heterocycles. The smallest absolute Gasteiger partial charge is 0.464 e. The molecule has 178 valence electrons. The zero-order chi connectivity index (χ0) is 24.5. The van der Waals surface area contributed by atoms with Gasteiger partial charge in [0.05, 0.1) is 17.8 Å². The minimum absolute atomic E-state index is 0.211. The van der Waals surface area contributed by atoms with E-state index >= 15 is 0 Å². The molecule has 1 aromatic rings. The van der Waals surface area contributed by atoms with Gasteiger partial charge >= 0.3 is 19.2 Å². The Morgan fingerprint density at radius 1 is 1.06 bits per heavy atom. The van der Waals surface area contributed by atoms with Gasteiger partial charge in [-0.05, 0) is 91.4 Å². The quantitative estimate of drug-likeness (QED) is 0.530. The lowest BCUT2D eigenvalue weighted by Gasteiger charge is -2.32. The molecular weight excluding hydrogens is 409 g/mol. The van der Waals surface area contributed by atoms with E-state index < -0.39 is 42.0 Å². The maximum absolute atomic E-state index is 12.7. The van der Waals surface area contributed by atoms with E-state index in [1.165, 1.54) is 0 Å². The monoisotopic (exact) mass is 447 g/mol. The number of aryl methyl sites for hydroxylation is 2. The molecule has 1 amide bonds. The Morgan fingerprint density at radius 3 is 2.09 bits per heavy atom. The molecular formula is C24H38BNO6. The predicted octanol–water partition coefficient (Wildman–Crippen LogP) is 3.60. The summed E-state index contributed by atoms with van der Waals surface area (Å²) in [4.78, 5) is 25.1. The highest BCUT2D eigenvalue weighted by molar-refractivity contribution is 6.62. The van der Waals surface area contributed by atoms with Crippen LogP contribution in [0.1, 0.15) is 72.1 Å². The summed E-state index contributed by atoms with van der Waals surface area (Å²) in [6, 6.07) is 3.13. The number of alkyl carbamates (subject to hydrolysis) is 1. The van der Waals surface area contributed by atoms with Crippen LogP contribution in [0, 0.1) is 13.8 Å². The van der Waals surface area contributed by atoms with Crippen LogP contribution in [0.3, 0.4) is 0 Å². The zero-order valence-electron chi connectivity index (χ0n) is 21.2. The van der Waals surface area contributed by atoms with Gasteiger partial charge in [0.15, 0.2) is 0 Å². The van der Waals surface area contributed by atoms with Crippen LogP contribution >= 0.6 is 0 Å². The Balaban J connectivity index is 2.39. The number of esters is 1. The van der Waals surface area contributed by atoms with Crippen LogP contribution in [0.25, 0.3) is 0 Å². The van der Waals surface area contributed by atoms with Crippen LogP contribution < -0.4 is 10.8 Å². The van der Waals surface area contributed by atoms with E-state index in [-0.39, 0.29) is 13.0 Å². The average Bonchev–Trinajstić information content (AvgIpc) is 2.83. The Bertz CT molecular complexity index is 843. The maximum Gasteiger partial charge on any atom is 0.495 e. The fourth-order valence-corrected chi connectivity index (χ4v) is 3.37. The Kier molecular flexibility index (Phi) is 7.73. The van der Waals surface area contributed by atoms with Crippen molar-refractivity contribution in [3.63, 3.8) is 0 Å². The minimum atomic E-state index is -0.909. The molecule has 0 spiro atoms. The molecule has 2 rings (SSSR count). The van der Waals surface area contributed by atoms with Crippen LogP contribution in [-0.4, -0.2) is 48.6 Å².